The van der Waals surface area contributed by atoms with Crippen LogP contribution >= 0.6 is 23.2 Å². The number of carbonyl (C=O) groups excluding carboxylic acids is 3. The number of amides is 3. The molecule has 8 nitrogen and oxygen atoms in total. The van der Waals surface area contributed by atoms with E-state index in [1.807, 2.05) is 0 Å². The lowest BCUT2D eigenvalue weighted by Gasteiger charge is -2.31. The summed E-state index contributed by atoms with van der Waals surface area (Å²) >= 11 is 12.6. The zero-order valence-electron chi connectivity index (χ0n) is 19.5. The SMILES string of the molecule is CCNC(=O)C(CC)N(Cc1c(Cl)cccc1Cl)C(=O)CCCN1C(=O)c2ccccc2S1(=O)=O. The minimum absolute atomic E-state index is 0.0133. The molecule has 11 heteroatoms. The molecule has 0 radical (unpaired) electrons. The third kappa shape index (κ3) is 5.63. The van der Waals surface area contributed by atoms with Crippen molar-refractivity contribution in [2.45, 2.75) is 50.6 Å². The van der Waals surface area contributed by atoms with Gasteiger partial charge in [-0.25, -0.2) is 12.7 Å². The molecule has 35 heavy (non-hydrogen) atoms. The molecule has 2 aromatic rings. The molecule has 3 amide bonds. The average Bonchev–Trinajstić information content (AvgIpc) is 3.01. The Morgan fingerprint density at radius 2 is 1.71 bits per heavy atom. The average molecular weight is 540 g/mol. The first-order valence-electron chi connectivity index (χ1n) is 11.3. The number of rotatable bonds is 10. The van der Waals surface area contributed by atoms with Crippen LogP contribution in [0, 0.1) is 0 Å². The molecule has 0 spiro atoms. The highest BCUT2D eigenvalue weighted by molar-refractivity contribution is 7.90. The maximum Gasteiger partial charge on any atom is 0.269 e. The van der Waals surface area contributed by atoms with Crippen molar-refractivity contribution < 1.29 is 22.8 Å². The Morgan fingerprint density at radius 3 is 2.31 bits per heavy atom. The van der Waals surface area contributed by atoms with Crippen LogP contribution in [0.3, 0.4) is 0 Å². The molecule has 3 rings (SSSR count). The van der Waals surface area contributed by atoms with Crippen molar-refractivity contribution in [3.05, 3.63) is 63.6 Å². The van der Waals surface area contributed by atoms with Gasteiger partial charge in [-0.15, -0.1) is 0 Å². The number of halogens is 2. The van der Waals surface area contributed by atoms with E-state index < -0.39 is 22.0 Å². The number of benzene rings is 2. The molecule has 0 saturated carbocycles. The number of sulfonamides is 1. The van der Waals surface area contributed by atoms with Crippen LogP contribution in [0.4, 0.5) is 0 Å². The number of likely N-dealkylation sites (N-methyl/N-ethyl adjacent to an activating group) is 1. The smallest absolute Gasteiger partial charge is 0.269 e. The van der Waals surface area contributed by atoms with Crippen molar-refractivity contribution >= 4 is 50.9 Å². The first-order chi connectivity index (χ1) is 16.6. The van der Waals surface area contributed by atoms with Crippen LogP contribution in [0.5, 0.6) is 0 Å². The van der Waals surface area contributed by atoms with Crippen molar-refractivity contribution in [2.75, 3.05) is 13.1 Å². The number of carbonyl (C=O) groups is 3. The molecule has 1 aliphatic rings. The predicted molar refractivity (Wildman–Crippen MR) is 134 cm³/mol. The van der Waals surface area contributed by atoms with Gasteiger partial charge in [-0.05, 0) is 44.0 Å². The second kappa shape index (κ2) is 11.4. The summed E-state index contributed by atoms with van der Waals surface area (Å²) in [5.74, 6) is -1.29. The van der Waals surface area contributed by atoms with E-state index in [2.05, 4.69) is 5.32 Å². The fraction of sp³-hybridized carbons (Fsp3) is 0.375. The molecule has 0 aromatic heterocycles. The lowest BCUT2D eigenvalue weighted by molar-refractivity contribution is -0.141. The minimum Gasteiger partial charge on any atom is -0.355 e. The normalized spacial score (nSPS) is 15.0. The molecule has 188 valence electrons. The van der Waals surface area contributed by atoms with Gasteiger partial charge in [0.05, 0.1) is 5.56 Å². The van der Waals surface area contributed by atoms with Gasteiger partial charge in [0, 0.05) is 41.7 Å². The summed E-state index contributed by atoms with van der Waals surface area (Å²) in [5, 5.41) is 3.48. The van der Waals surface area contributed by atoms with E-state index in [4.69, 9.17) is 23.2 Å². The summed E-state index contributed by atoms with van der Waals surface area (Å²) in [6.07, 6.45) is 0.373. The van der Waals surface area contributed by atoms with Crippen LogP contribution in [0.2, 0.25) is 10.0 Å². The fourth-order valence-electron chi connectivity index (χ4n) is 4.03. The highest BCUT2D eigenvalue weighted by Gasteiger charge is 2.40. The third-order valence-electron chi connectivity index (χ3n) is 5.79. The monoisotopic (exact) mass is 539 g/mol. The van der Waals surface area contributed by atoms with Crippen molar-refractivity contribution in [2.24, 2.45) is 0 Å². The van der Waals surface area contributed by atoms with Gasteiger partial charge in [0.1, 0.15) is 10.9 Å². The molecule has 0 saturated heterocycles. The van der Waals surface area contributed by atoms with Crippen molar-refractivity contribution in [3.8, 4) is 0 Å². The van der Waals surface area contributed by atoms with Gasteiger partial charge in [0.15, 0.2) is 0 Å². The van der Waals surface area contributed by atoms with Crippen LogP contribution < -0.4 is 5.32 Å². The summed E-state index contributed by atoms with van der Waals surface area (Å²) in [5.41, 5.74) is 0.635. The Balaban J connectivity index is 1.78. The summed E-state index contributed by atoms with van der Waals surface area (Å²) in [4.78, 5) is 40.0. The third-order valence-corrected chi connectivity index (χ3v) is 8.34. The van der Waals surface area contributed by atoms with Crippen molar-refractivity contribution in [1.29, 1.82) is 0 Å². The van der Waals surface area contributed by atoms with Crippen LogP contribution in [-0.2, 0) is 26.2 Å². The maximum atomic E-state index is 13.3. The summed E-state index contributed by atoms with van der Waals surface area (Å²) in [6, 6.07) is 10.2. The van der Waals surface area contributed by atoms with Crippen LogP contribution in [0.15, 0.2) is 47.4 Å². The van der Waals surface area contributed by atoms with E-state index in [1.165, 1.54) is 17.0 Å². The molecule has 0 aliphatic carbocycles. The summed E-state index contributed by atoms with van der Waals surface area (Å²) in [7, 11) is -3.96. The summed E-state index contributed by atoms with van der Waals surface area (Å²) in [6.45, 7) is 3.84. The number of fused-ring (bicyclic) bond motifs is 1. The largest absolute Gasteiger partial charge is 0.355 e. The molecule has 1 N–H and O–H groups in total. The van der Waals surface area contributed by atoms with E-state index in [-0.39, 0.29) is 48.2 Å². The Labute approximate surface area is 215 Å². The molecule has 1 unspecified atom stereocenters. The highest BCUT2D eigenvalue weighted by Crippen LogP contribution is 2.31. The Kier molecular flexibility index (Phi) is 8.79. The van der Waals surface area contributed by atoms with Gasteiger partial charge in [0.25, 0.3) is 15.9 Å². The van der Waals surface area contributed by atoms with E-state index >= 15 is 0 Å². The van der Waals surface area contributed by atoms with E-state index in [9.17, 15) is 22.8 Å². The lowest BCUT2D eigenvalue weighted by Crippen LogP contribution is -2.49. The molecule has 0 bridgehead atoms. The number of hydrogen-bond acceptors (Lipinski definition) is 5. The van der Waals surface area contributed by atoms with E-state index in [1.54, 1.807) is 44.2 Å². The number of nitrogens with one attached hydrogen (secondary N) is 1. The fourth-order valence-corrected chi connectivity index (χ4v) is 6.16. The van der Waals surface area contributed by atoms with Crippen molar-refractivity contribution in [1.82, 2.24) is 14.5 Å². The lowest BCUT2D eigenvalue weighted by atomic mass is 10.1. The number of hydrogen-bond donors (Lipinski definition) is 1. The van der Waals surface area contributed by atoms with Crippen LogP contribution in [0.1, 0.15) is 49.0 Å². The molecule has 2 aromatic carbocycles. The van der Waals surface area contributed by atoms with Gasteiger partial charge < -0.3 is 10.2 Å². The second-order valence-electron chi connectivity index (χ2n) is 8.02. The Hall–Kier alpha value is -2.62. The predicted octanol–water partition coefficient (Wildman–Crippen LogP) is 3.86. The molecule has 1 atom stereocenters. The zero-order valence-corrected chi connectivity index (χ0v) is 21.8. The van der Waals surface area contributed by atoms with Crippen LogP contribution in [-0.4, -0.2) is 54.5 Å². The van der Waals surface area contributed by atoms with Crippen LogP contribution in [0.25, 0.3) is 0 Å². The molecule has 1 heterocycles. The highest BCUT2D eigenvalue weighted by atomic mass is 35.5. The second-order valence-corrected chi connectivity index (χ2v) is 10.7. The van der Waals surface area contributed by atoms with Crippen molar-refractivity contribution in [3.63, 3.8) is 0 Å². The minimum atomic E-state index is -3.96. The van der Waals surface area contributed by atoms with Gasteiger partial charge >= 0.3 is 0 Å². The molecule has 1 aliphatic heterocycles. The van der Waals surface area contributed by atoms with E-state index in [0.717, 1.165) is 4.31 Å². The Morgan fingerprint density at radius 1 is 1.06 bits per heavy atom. The molecular weight excluding hydrogens is 513 g/mol. The topological polar surface area (TPSA) is 104 Å². The first-order valence-corrected chi connectivity index (χ1v) is 13.5. The quantitative estimate of drug-likeness (QED) is 0.493. The number of nitrogens with zero attached hydrogens (tertiary/aromatic N) is 2. The zero-order chi connectivity index (χ0) is 25.8. The van der Waals surface area contributed by atoms with E-state index in [0.29, 0.717) is 28.6 Å². The summed E-state index contributed by atoms with van der Waals surface area (Å²) < 4.78 is 26.3. The van der Waals surface area contributed by atoms with Gasteiger partial charge in [-0.2, -0.15) is 0 Å². The maximum absolute atomic E-state index is 13.3. The standard InChI is InChI=1S/C24H27Cl2N3O5S/c1-3-20(23(31)27-4-2)28(15-17-18(25)10-7-11-19(17)26)22(30)13-8-14-29-24(32)16-9-5-6-12-21(16)35(29,33)34/h5-7,9-12,20H,3-4,8,13-15H2,1-2H3,(H,27,31). The van der Waals surface area contributed by atoms with Gasteiger partial charge in [0.2, 0.25) is 11.8 Å². The van der Waals surface area contributed by atoms with Gasteiger partial charge in [-0.3, -0.25) is 14.4 Å². The molecule has 0 fully saturated rings. The van der Waals surface area contributed by atoms with Gasteiger partial charge in [-0.1, -0.05) is 48.3 Å². The molecular formula is C24H27Cl2N3O5S. The Bertz CT molecular complexity index is 1220. The first kappa shape index (κ1) is 27.0.